The molecule has 18 heavy (non-hydrogen) atoms. The van der Waals surface area contributed by atoms with Crippen LogP contribution in [0.15, 0.2) is 24.3 Å². The molecule has 0 spiro atoms. The van der Waals surface area contributed by atoms with Gasteiger partial charge in [-0.05, 0) is 48.9 Å². The highest BCUT2D eigenvalue weighted by Gasteiger charge is 2.14. The van der Waals surface area contributed by atoms with Crippen LogP contribution in [0.5, 0.6) is 0 Å². The van der Waals surface area contributed by atoms with Gasteiger partial charge in [0.2, 0.25) is 0 Å². The molecule has 0 bridgehead atoms. The number of benzene rings is 1. The summed E-state index contributed by atoms with van der Waals surface area (Å²) < 4.78 is 13.6. The van der Waals surface area contributed by atoms with Gasteiger partial charge < -0.3 is 5.32 Å². The van der Waals surface area contributed by atoms with E-state index in [2.05, 4.69) is 33.0 Å². The molecule has 1 aromatic carbocycles. The standard InChI is InChI=1S/C16H26FN/c1-12(2)10-18-11-14(4)13(3)9-15-7-5-6-8-16(15)17/h5-8,12-14,18H,9-11H2,1-4H3. The van der Waals surface area contributed by atoms with Crippen LogP contribution in [0.1, 0.15) is 33.3 Å². The summed E-state index contributed by atoms with van der Waals surface area (Å²) in [5.41, 5.74) is 0.834. The summed E-state index contributed by atoms with van der Waals surface area (Å²) in [5.74, 6) is 1.65. The molecule has 0 aliphatic rings. The molecule has 1 nitrogen and oxygen atoms in total. The van der Waals surface area contributed by atoms with Crippen LogP contribution in [0, 0.1) is 23.6 Å². The van der Waals surface area contributed by atoms with E-state index < -0.39 is 0 Å². The van der Waals surface area contributed by atoms with Crippen molar-refractivity contribution in [2.75, 3.05) is 13.1 Å². The lowest BCUT2D eigenvalue weighted by Crippen LogP contribution is -2.29. The molecule has 0 aliphatic heterocycles. The summed E-state index contributed by atoms with van der Waals surface area (Å²) in [4.78, 5) is 0. The minimum atomic E-state index is -0.0771. The van der Waals surface area contributed by atoms with Crippen LogP contribution in [0.3, 0.4) is 0 Å². The summed E-state index contributed by atoms with van der Waals surface area (Å²) in [6.07, 6.45) is 0.817. The first-order valence-corrected chi connectivity index (χ1v) is 6.94. The smallest absolute Gasteiger partial charge is 0.126 e. The Labute approximate surface area is 111 Å². The lowest BCUT2D eigenvalue weighted by atomic mass is 9.89. The van der Waals surface area contributed by atoms with Gasteiger partial charge in [-0.2, -0.15) is 0 Å². The molecule has 1 aromatic rings. The molecular formula is C16H26FN. The highest BCUT2D eigenvalue weighted by molar-refractivity contribution is 5.17. The zero-order valence-electron chi connectivity index (χ0n) is 12.0. The molecule has 1 N–H and O–H groups in total. The van der Waals surface area contributed by atoms with Crippen LogP contribution >= 0.6 is 0 Å². The zero-order chi connectivity index (χ0) is 13.5. The Morgan fingerprint density at radius 2 is 1.67 bits per heavy atom. The van der Waals surface area contributed by atoms with E-state index in [1.54, 1.807) is 12.1 Å². The van der Waals surface area contributed by atoms with Gasteiger partial charge in [0.05, 0.1) is 0 Å². The Hall–Kier alpha value is -0.890. The van der Waals surface area contributed by atoms with E-state index in [1.165, 1.54) is 0 Å². The summed E-state index contributed by atoms with van der Waals surface area (Å²) in [6, 6.07) is 7.09. The summed E-state index contributed by atoms with van der Waals surface area (Å²) >= 11 is 0. The lowest BCUT2D eigenvalue weighted by molar-refractivity contribution is 0.354. The molecule has 0 heterocycles. The van der Waals surface area contributed by atoms with Crippen molar-refractivity contribution in [1.29, 1.82) is 0 Å². The molecule has 2 heteroatoms. The largest absolute Gasteiger partial charge is 0.316 e. The Bertz CT molecular complexity index is 349. The number of nitrogens with one attached hydrogen (secondary N) is 1. The van der Waals surface area contributed by atoms with Gasteiger partial charge in [-0.3, -0.25) is 0 Å². The second-order valence-electron chi connectivity index (χ2n) is 5.80. The fraction of sp³-hybridized carbons (Fsp3) is 0.625. The average Bonchev–Trinajstić information content (AvgIpc) is 2.31. The first-order valence-electron chi connectivity index (χ1n) is 6.94. The quantitative estimate of drug-likeness (QED) is 0.775. The summed E-state index contributed by atoms with van der Waals surface area (Å²) in [5, 5.41) is 3.47. The summed E-state index contributed by atoms with van der Waals surface area (Å²) in [7, 11) is 0. The van der Waals surface area contributed by atoms with Gasteiger partial charge in [0.1, 0.15) is 5.82 Å². The van der Waals surface area contributed by atoms with Crippen molar-refractivity contribution < 1.29 is 4.39 Å². The van der Waals surface area contributed by atoms with E-state index in [0.29, 0.717) is 17.8 Å². The van der Waals surface area contributed by atoms with Crippen LogP contribution in [0.2, 0.25) is 0 Å². The van der Waals surface area contributed by atoms with Gasteiger partial charge in [-0.25, -0.2) is 4.39 Å². The normalized spacial score (nSPS) is 14.8. The lowest BCUT2D eigenvalue weighted by Gasteiger charge is -2.21. The monoisotopic (exact) mass is 251 g/mol. The second kappa shape index (κ2) is 7.52. The maximum absolute atomic E-state index is 13.6. The number of hydrogen-bond acceptors (Lipinski definition) is 1. The van der Waals surface area contributed by atoms with Crippen molar-refractivity contribution in [2.24, 2.45) is 17.8 Å². The fourth-order valence-corrected chi connectivity index (χ4v) is 2.01. The molecule has 0 saturated carbocycles. The van der Waals surface area contributed by atoms with Gasteiger partial charge in [-0.1, -0.05) is 45.9 Å². The molecule has 0 radical (unpaired) electrons. The minimum Gasteiger partial charge on any atom is -0.316 e. The van der Waals surface area contributed by atoms with E-state index in [-0.39, 0.29) is 5.82 Å². The second-order valence-corrected chi connectivity index (χ2v) is 5.80. The van der Waals surface area contributed by atoms with Crippen molar-refractivity contribution in [3.63, 3.8) is 0 Å². The predicted molar refractivity (Wildman–Crippen MR) is 76.1 cm³/mol. The highest BCUT2D eigenvalue weighted by Crippen LogP contribution is 2.18. The molecule has 1 rings (SSSR count). The van der Waals surface area contributed by atoms with E-state index in [4.69, 9.17) is 0 Å². The van der Waals surface area contributed by atoms with Crippen LogP contribution in [-0.4, -0.2) is 13.1 Å². The molecule has 102 valence electrons. The Morgan fingerprint density at radius 1 is 1.00 bits per heavy atom. The van der Waals surface area contributed by atoms with Crippen LogP contribution < -0.4 is 5.32 Å². The van der Waals surface area contributed by atoms with Gasteiger partial charge >= 0.3 is 0 Å². The van der Waals surface area contributed by atoms with Crippen molar-refractivity contribution in [3.05, 3.63) is 35.6 Å². The van der Waals surface area contributed by atoms with Crippen LogP contribution in [0.25, 0.3) is 0 Å². The third-order valence-corrected chi connectivity index (χ3v) is 3.49. The molecule has 0 aromatic heterocycles. The third kappa shape index (κ3) is 5.18. The van der Waals surface area contributed by atoms with Crippen LogP contribution in [0.4, 0.5) is 4.39 Å². The third-order valence-electron chi connectivity index (χ3n) is 3.49. The Balaban J connectivity index is 2.40. The maximum Gasteiger partial charge on any atom is 0.126 e. The predicted octanol–water partition coefficient (Wildman–Crippen LogP) is 3.89. The number of rotatable bonds is 7. The van der Waals surface area contributed by atoms with Gasteiger partial charge in [0.15, 0.2) is 0 Å². The molecule has 0 fully saturated rings. The van der Waals surface area contributed by atoms with E-state index in [0.717, 1.165) is 25.1 Å². The minimum absolute atomic E-state index is 0.0771. The Morgan fingerprint density at radius 3 is 2.28 bits per heavy atom. The van der Waals surface area contributed by atoms with Crippen molar-refractivity contribution in [1.82, 2.24) is 5.32 Å². The molecule has 0 aliphatic carbocycles. The van der Waals surface area contributed by atoms with Gasteiger partial charge in [0, 0.05) is 0 Å². The molecule has 0 saturated heterocycles. The first-order chi connectivity index (χ1) is 8.50. The van der Waals surface area contributed by atoms with E-state index >= 15 is 0 Å². The summed E-state index contributed by atoms with van der Waals surface area (Å²) in [6.45, 7) is 10.9. The highest BCUT2D eigenvalue weighted by atomic mass is 19.1. The van der Waals surface area contributed by atoms with Crippen molar-refractivity contribution in [3.8, 4) is 0 Å². The van der Waals surface area contributed by atoms with Gasteiger partial charge in [-0.15, -0.1) is 0 Å². The zero-order valence-corrected chi connectivity index (χ0v) is 12.0. The first kappa shape index (κ1) is 15.2. The van der Waals surface area contributed by atoms with E-state index in [9.17, 15) is 4.39 Å². The van der Waals surface area contributed by atoms with E-state index in [1.807, 2.05) is 12.1 Å². The van der Waals surface area contributed by atoms with Crippen molar-refractivity contribution >= 4 is 0 Å². The average molecular weight is 251 g/mol. The molecule has 2 atom stereocenters. The number of hydrogen-bond donors (Lipinski definition) is 1. The number of halogens is 1. The maximum atomic E-state index is 13.6. The Kier molecular flexibility index (Phi) is 6.34. The van der Waals surface area contributed by atoms with Crippen LogP contribution in [-0.2, 0) is 6.42 Å². The molecular weight excluding hydrogens is 225 g/mol. The topological polar surface area (TPSA) is 12.0 Å². The SMILES string of the molecule is CC(C)CNCC(C)C(C)Cc1ccccc1F. The molecule has 2 unspecified atom stereocenters. The van der Waals surface area contributed by atoms with Gasteiger partial charge in [0.25, 0.3) is 0 Å². The molecule has 0 amide bonds. The van der Waals surface area contributed by atoms with Crippen molar-refractivity contribution in [2.45, 2.75) is 34.1 Å². The fourth-order valence-electron chi connectivity index (χ4n) is 2.01.